The number of nitrogens with zero attached hydrogens (tertiary/aromatic N) is 2. The summed E-state index contributed by atoms with van der Waals surface area (Å²) in [6, 6.07) is 2.00. The third-order valence-corrected chi connectivity index (χ3v) is 6.47. The van der Waals surface area contributed by atoms with Gasteiger partial charge in [0.25, 0.3) is 11.8 Å². The summed E-state index contributed by atoms with van der Waals surface area (Å²) < 4.78 is 35.1. The van der Waals surface area contributed by atoms with Gasteiger partial charge in [0.1, 0.15) is 17.2 Å². The molecule has 3 atom stereocenters. The standard InChI is InChI=1S/C22H21F2N3O5/c1-10-4-16(24)11(5-15(10)23)7-25-21(30)14-8-26-9-17-27(12-2-3-13(6-12)32-17)22(31)18(26)20(29)19(14)28/h4-5,8,12-13,17,29H,2-3,6-7,9H2,1H3,(H,25,30)/t12-,13+,17+/m0/s1. The molecular weight excluding hydrogens is 424 g/mol. The van der Waals surface area contributed by atoms with E-state index in [0.717, 1.165) is 31.4 Å². The summed E-state index contributed by atoms with van der Waals surface area (Å²) in [6.07, 6.45) is 3.10. The first-order valence-corrected chi connectivity index (χ1v) is 10.4. The monoisotopic (exact) mass is 445 g/mol. The van der Waals surface area contributed by atoms with Crippen molar-refractivity contribution in [2.45, 2.75) is 57.6 Å². The maximum absolute atomic E-state index is 14.0. The predicted molar refractivity (Wildman–Crippen MR) is 107 cm³/mol. The average Bonchev–Trinajstić information content (AvgIpc) is 3.12. The number of aryl methyl sites for hydroxylation is 1. The molecule has 32 heavy (non-hydrogen) atoms. The molecule has 10 heteroatoms. The second-order valence-electron chi connectivity index (χ2n) is 8.49. The molecule has 2 amide bonds. The summed E-state index contributed by atoms with van der Waals surface area (Å²) in [5.41, 5.74) is -1.53. The lowest BCUT2D eigenvalue weighted by Crippen LogP contribution is -2.57. The molecule has 3 heterocycles. The summed E-state index contributed by atoms with van der Waals surface area (Å²) in [5, 5.41) is 12.9. The molecule has 1 aliphatic carbocycles. The summed E-state index contributed by atoms with van der Waals surface area (Å²) in [6.45, 7) is 1.23. The van der Waals surface area contributed by atoms with Gasteiger partial charge in [0, 0.05) is 24.3 Å². The fourth-order valence-corrected chi connectivity index (χ4v) is 4.81. The van der Waals surface area contributed by atoms with E-state index in [1.807, 2.05) is 0 Å². The van der Waals surface area contributed by atoms with E-state index in [9.17, 15) is 28.3 Å². The Balaban J connectivity index is 1.43. The topological polar surface area (TPSA) is 101 Å². The smallest absolute Gasteiger partial charge is 0.276 e. The Bertz CT molecular complexity index is 1210. The number of aromatic nitrogens is 1. The molecule has 2 fully saturated rings. The number of rotatable bonds is 3. The van der Waals surface area contributed by atoms with Crippen molar-refractivity contribution in [2.75, 3.05) is 0 Å². The fraction of sp³-hybridized carbons (Fsp3) is 0.409. The zero-order valence-electron chi connectivity index (χ0n) is 17.2. The maximum Gasteiger partial charge on any atom is 0.276 e. The minimum absolute atomic E-state index is 0.00211. The number of hydrogen-bond donors (Lipinski definition) is 2. The van der Waals surface area contributed by atoms with Crippen molar-refractivity contribution >= 4 is 11.8 Å². The highest BCUT2D eigenvalue weighted by Crippen LogP contribution is 2.38. The molecule has 0 radical (unpaired) electrons. The molecule has 0 unspecified atom stereocenters. The summed E-state index contributed by atoms with van der Waals surface area (Å²) in [5.74, 6) is -3.50. The molecule has 168 valence electrons. The Kier molecular flexibility index (Phi) is 4.77. The molecule has 1 saturated carbocycles. The first kappa shape index (κ1) is 20.6. The van der Waals surface area contributed by atoms with Crippen molar-refractivity contribution in [1.29, 1.82) is 0 Å². The third kappa shape index (κ3) is 3.17. The number of aromatic hydroxyl groups is 1. The zero-order chi connectivity index (χ0) is 22.7. The molecule has 2 N–H and O–H groups in total. The van der Waals surface area contributed by atoms with Crippen molar-refractivity contribution in [3.05, 3.63) is 62.6 Å². The lowest BCUT2D eigenvalue weighted by Gasteiger charge is -2.44. The number of carbonyl (C=O) groups is 2. The number of benzene rings is 1. The van der Waals surface area contributed by atoms with E-state index in [4.69, 9.17) is 4.74 Å². The van der Waals surface area contributed by atoms with Gasteiger partial charge in [-0.3, -0.25) is 14.4 Å². The van der Waals surface area contributed by atoms with Crippen molar-refractivity contribution in [3.8, 4) is 5.75 Å². The zero-order valence-corrected chi connectivity index (χ0v) is 17.2. The largest absolute Gasteiger partial charge is 0.503 e. The lowest BCUT2D eigenvalue weighted by atomic mass is 10.1. The number of halogens is 2. The van der Waals surface area contributed by atoms with E-state index in [2.05, 4.69) is 5.32 Å². The number of fused-ring (bicyclic) bond motifs is 5. The molecule has 5 rings (SSSR count). The molecule has 1 saturated heterocycles. The Labute approximate surface area is 181 Å². The normalized spacial score (nSPS) is 23.7. The van der Waals surface area contributed by atoms with Crippen LogP contribution in [0.5, 0.6) is 5.75 Å². The minimum Gasteiger partial charge on any atom is -0.503 e. The van der Waals surface area contributed by atoms with Gasteiger partial charge in [-0.2, -0.15) is 0 Å². The number of ether oxygens (including phenoxy) is 1. The quantitative estimate of drug-likeness (QED) is 0.751. The van der Waals surface area contributed by atoms with E-state index in [1.165, 1.54) is 17.7 Å². The second-order valence-corrected chi connectivity index (χ2v) is 8.49. The van der Waals surface area contributed by atoms with Crippen LogP contribution in [0.3, 0.4) is 0 Å². The van der Waals surface area contributed by atoms with E-state index in [1.54, 1.807) is 4.90 Å². The van der Waals surface area contributed by atoms with Crippen LogP contribution in [0, 0.1) is 18.6 Å². The summed E-state index contributed by atoms with van der Waals surface area (Å²) in [4.78, 5) is 39.9. The van der Waals surface area contributed by atoms with Crippen LogP contribution in [0.15, 0.2) is 23.1 Å². The third-order valence-electron chi connectivity index (χ3n) is 6.47. The van der Waals surface area contributed by atoms with Gasteiger partial charge in [-0.25, -0.2) is 8.78 Å². The Hall–Kier alpha value is -3.27. The van der Waals surface area contributed by atoms with Crippen molar-refractivity contribution in [1.82, 2.24) is 14.8 Å². The molecule has 1 aromatic heterocycles. The molecule has 3 aliphatic rings. The first-order chi connectivity index (χ1) is 15.2. The van der Waals surface area contributed by atoms with E-state index in [-0.39, 0.29) is 42.1 Å². The predicted octanol–water partition coefficient (Wildman–Crippen LogP) is 1.80. The van der Waals surface area contributed by atoms with Crippen molar-refractivity contribution in [3.63, 3.8) is 0 Å². The summed E-state index contributed by atoms with van der Waals surface area (Å²) in [7, 11) is 0. The SMILES string of the molecule is Cc1cc(F)c(CNC(=O)c2cn3c(c(O)c2=O)C(=O)N2[C@H]4CC[C@H](C4)O[C@@H]2C3)cc1F. The molecule has 0 spiro atoms. The Morgan fingerprint density at radius 3 is 2.81 bits per heavy atom. The van der Waals surface area contributed by atoms with Gasteiger partial charge in [0.05, 0.1) is 12.6 Å². The average molecular weight is 445 g/mol. The highest BCUT2D eigenvalue weighted by Gasteiger charge is 2.47. The minimum atomic E-state index is -1.00. The van der Waals surface area contributed by atoms with E-state index < -0.39 is 46.4 Å². The van der Waals surface area contributed by atoms with E-state index >= 15 is 0 Å². The van der Waals surface area contributed by atoms with Crippen LogP contribution in [0.2, 0.25) is 0 Å². The van der Waals surface area contributed by atoms with Gasteiger partial charge in [-0.05, 0) is 43.9 Å². The maximum atomic E-state index is 14.0. The van der Waals surface area contributed by atoms with Crippen LogP contribution in [-0.4, -0.2) is 44.8 Å². The van der Waals surface area contributed by atoms with Crippen LogP contribution in [0.4, 0.5) is 8.78 Å². The highest BCUT2D eigenvalue weighted by molar-refractivity contribution is 5.99. The van der Waals surface area contributed by atoms with Crippen LogP contribution in [0.25, 0.3) is 0 Å². The van der Waals surface area contributed by atoms with Crippen molar-refractivity contribution in [2.24, 2.45) is 0 Å². The molecule has 2 aliphatic heterocycles. The lowest BCUT2D eigenvalue weighted by molar-refractivity contribution is -0.132. The molecule has 1 aromatic carbocycles. The van der Waals surface area contributed by atoms with Crippen LogP contribution in [-0.2, 0) is 17.8 Å². The van der Waals surface area contributed by atoms with Gasteiger partial charge in [0.2, 0.25) is 5.43 Å². The number of nitrogens with one attached hydrogen (secondary N) is 1. The van der Waals surface area contributed by atoms with Crippen LogP contribution < -0.4 is 10.7 Å². The fourth-order valence-electron chi connectivity index (χ4n) is 4.81. The van der Waals surface area contributed by atoms with Crippen molar-refractivity contribution < 1.29 is 28.2 Å². The summed E-state index contributed by atoms with van der Waals surface area (Å²) >= 11 is 0. The Morgan fingerprint density at radius 2 is 2.03 bits per heavy atom. The first-order valence-electron chi connectivity index (χ1n) is 10.4. The number of pyridine rings is 1. The van der Waals surface area contributed by atoms with Gasteiger partial charge < -0.3 is 24.6 Å². The van der Waals surface area contributed by atoms with E-state index in [0.29, 0.717) is 0 Å². The van der Waals surface area contributed by atoms with Gasteiger partial charge in [-0.1, -0.05) is 0 Å². The molecular formula is C22H21F2N3O5. The van der Waals surface area contributed by atoms with Gasteiger partial charge in [-0.15, -0.1) is 0 Å². The number of amides is 2. The molecule has 8 nitrogen and oxygen atoms in total. The number of carbonyl (C=O) groups excluding carboxylic acids is 2. The highest BCUT2D eigenvalue weighted by atomic mass is 19.1. The van der Waals surface area contributed by atoms with Crippen LogP contribution in [0.1, 0.15) is 51.2 Å². The van der Waals surface area contributed by atoms with Gasteiger partial charge in [0.15, 0.2) is 17.7 Å². The molecule has 2 bridgehead atoms. The Morgan fingerprint density at radius 1 is 1.25 bits per heavy atom. The van der Waals surface area contributed by atoms with Gasteiger partial charge >= 0.3 is 0 Å². The number of hydrogen-bond acceptors (Lipinski definition) is 5. The van der Waals surface area contributed by atoms with Crippen LogP contribution >= 0.6 is 0 Å². The second kappa shape index (κ2) is 7.40. The molecule has 2 aromatic rings.